The van der Waals surface area contributed by atoms with Crippen LogP contribution in [0.3, 0.4) is 0 Å². The van der Waals surface area contributed by atoms with Gasteiger partial charge in [0.25, 0.3) is 0 Å². The first-order valence-corrected chi connectivity index (χ1v) is 12.6. The molecule has 35 heavy (non-hydrogen) atoms. The Labute approximate surface area is 211 Å². The number of ether oxygens (including phenoxy) is 1. The summed E-state index contributed by atoms with van der Waals surface area (Å²) in [6.45, 7) is 5.34. The van der Waals surface area contributed by atoms with E-state index in [1.807, 2.05) is 18.3 Å². The van der Waals surface area contributed by atoms with Crippen LogP contribution in [0.25, 0.3) is 16.5 Å². The second-order valence-corrected chi connectivity index (χ2v) is 9.50. The monoisotopic (exact) mass is 483 g/mol. The Balaban J connectivity index is 1.38. The molecule has 2 aromatic heterocycles. The van der Waals surface area contributed by atoms with E-state index in [1.165, 1.54) is 16.5 Å². The van der Waals surface area contributed by atoms with E-state index in [-0.39, 0.29) is 12.1 Å². The van der Waals surface area contributed by atoms with Gasteiger partial charge in [-0.25, -0.2) is 0 Å². The normalized spacial score (nSPS) is 20.9. The second kappa shape index (κ2) is 9.77. The van der Waals surface area contributed by atoms with Crippen LogP contribution in [-0.4, -0.2) is 63.9 Å². The highest BCUT2D eigenvalue weighted by Gasteiger charge is 2.41. The van der Waals surface area contributed by atoms with Gasteiger partial charge in [-0.15, -0.1) is 0 Å². The maximum atomic E-state index is 5.89. The number of morpholine rings is 1. The molecule has 0 bridgehead atoms. The average molecular weight is 484 g/mol. The van der Waals surface area contributed by atoms with E-state index >= 15 is 0 Å². The Morgan fingerprint density at radius 2 is 1.74 bits per heavy atom. The van der Waals surface area contributed by atoms with Crippen LogP contribution in [0, 0.1) is 0 Å². The van der Waals surface area contributed by atoms with Gasteiger partial charge in [-0.05, 0) is 59.4 Å². The molecule has 2 atom stereocenters. The minimum atomic E-state index is -0.0255. The van der Waals surface area contributed by atoms with E-state index in [0.717, 1.165) is 55.9 Å². The molecule has 7 heteroatoms. The van der Waals surface area contributed by atoms with Gasteiger partial charge in [0.1, 0.15) is 0 Å². The van der Waals surface area contributed by atoms with Gasteiger partial charge in [-0.3, -0.25) is 9.88 Å². The molecule has 0 radical (unpaired) electrons. The molecule has 2 fully saturated rings. The van der Waals surface area contributed by atoms with Crippen molar-refractivity contribution in [2.24, 2.45) is 0 Å². The fourth-order valence-corrected chi connectivity index (χ4v) is 5.57. The molecule has 0 aliphatic carbocycles. The summed E-state index contributed by atoms with van der Waals surface area (Å²) in [6, 6.07) is 25.6. The van der Waals surface area contributed by atoms with Crippen LogP contribution < -0.4 is 5.32 Å². The Bertz CT molecular complexity index is 1320. The van der Waals surface area contributed by atoms with Crippen molar-refractivity contribution < 1.29 is 4.74 Å². The third kappa shape index (κ3) is 4.43. The quantitative estimate of drug-likeness (QED) is 0.412. The molecule has 2 aliphatic rings. The number of aromatic nitrogens is 2. The first-order valence-electron chi connectivity index (χ1n) is 12.2. The lowest BCUT2D eigenvalue weighted by Gasteiger charge is -2.32. The van der Waals surface area contributed by atoms with Gasteiger partial charge in [0, 0.05) is 50.0 Å². The molecule has 2 saturated heterocycles. The van der Waals surface area contributed by atoms with Crippen molar-refractivity contribution in [1.29, 1.82) is 0 Å². The Kier molecular flexibility index (Phi) is 6.21. The number of fused-ring (bicyclic) bond motifs is 1. The smallest absolute Gasteiger partial charge is 0.170 e. The lowest BCUT2D eigenvalue weighted by molar-refractivity contribution is 0.0349. The zero-order valence-electron chi connectivity index (χ0n) is 19.6. The van der Waals surface area contributed by atoms with Crippen LogP contribution in [0.4, 0.5) is 0 Å². The first-order chi connectivity index (χ1) is 17.3. The van der Waals surface area contributed by atoms with Crippen LogP contribution in [0.2, 0.25) is 0 Å². The summed E-state index contributed by atoms with van der Waals surface area (Å²) in [7, 11) is 0. The predicted octanol–water partition coefficient (Wildman–Crippen LogP) is 4.33. The summed E-state index contributed by atoms with van der Waals surface area (Å²) in [5.41, 5.74) is 3.35. The van der Waals surface area contributed by atoms with Crippen LogP contribution in [0.1, 0.15) is 23.5 Å². The fourth-order valence-electron chi connectivity index (χ4n) is 5.24. The molecule has 6 nitrogen and oxygen atoms in total. The predicted molar refractivity (Wildman–Crippen MR) is 143 cm³/mol. The highest BCUT2D eigenvalue weighted by molar-refractivity contribution is 7.80. The zero-order valence-corrected chi connectivity index (χ0v) is 20.4. The fraction of sp³-hybridized carbons (Fsp3) is 0.286. The molecule has 4 heterocycles. The molecule has 0 amide bonds. The molecule has 2 aromatic carbocycles. The Morgan fingerprint density at radius 3 is 2.57 bits per heavy atom. The van der Waals surface area contributed by atoms with Crippen molar-refractivity contribution >= 4 is 28.1 Å². The average Bonchev–Trinajstić information content (AvgIpc) is 3.52. The van der Waals surface area contributed by atoms with E-state index in [2.05, 4.69) is 86.5 Å². The number of pyridine rings is 1. The second-order valence-electron chi connectivity index (χ2n) is 9.11. The van der Waals surface area contributed by atoms with Gasteiger partial charge in [0.05, 0.1) is 31.0 Å². The highest BCUT2D eigenvalue weighted by atomic mass is 32.1. The standard InChI is InChI=1S/C28H29N5OS/c35-28-30-26(24-8-3-4-12-29-24)27(33(28)15-14-31-16-18-34-19-17-31)25-9-5-13-32(25)23-11-10-21-6-1-2-7-22(21)20-23/h1-13,20,26-27H,14-19H2,(H,30,35)/t26-,27-/m1/s1. The van der Waals surface area contributed by atoms with Gasteiger partial charge >= 0.3 is 0 Å². The van der Waals surface area contributed by atoms with Gasteiger partial charge < -0.3 is 19.5 Å². The van der Waals surface area contributed by atoms with Crippen molar-refractivity contribution in [3.8, 4) is 5.69 Å². The molecule has 0 unspecified atom stereocenters. The van der Waals surface area contributed by atoms with Crippen molar-refractivity contribution in [2.75, 3.05) is 39.4 Å². The molecule has 178 valence electrons. The minimum Gasteiger partial charge on any atom is -0.379 e. The summed E-state index contributed by atoms with van der Waals surface area (Å²) in [6.07, 6.45) is 4.01. The van der Waals surface area contributed by atoms with Gasteiger partial charge in [-0.1, -0.05) is 36.4 Å². The number of nitrogens with one attached hydrogen (secondary N) is 1. The van der Waals surface area contributed by atoms with E-state index in [4.69, 9.17) is 21.9 Å². The van der Waals surface area contributed by atoms with E-state index < -0.39 is 0 Å². The van der Waals surface area contributed by atoms with E-state index in [9.17, 15) is 0 Å². The first kappa shape index (κ1) is 22.2. The summed E-state index contributed by atoms with van der Waals surface area (Å²) in [5, 5.41) is 6.85. The number of thiocarbonyl (C=S) groups is 1. The summed E-state index contributed by atoms with van der Waals surface area (Å²) < 4.78 is 7.83. The minimum absolute atomic E-state index is 0.0255. The molecule has 6 rings (SSSR count). The van der Waals surface area contributed by atoms with Gasteiger partial charge in [0.15, 0.2) is 5.11 Å². The molecule has 4 aromatic rings. The number of benzene rings is 2. The molecular weight excluding hydrogens is 454 g/mol. The van der Waals surface area contributed by atoms with E-state index in [1.54, 1.807) is 0 Å². The number of nitrogens with zero attached hydrogens (tertiary/aromatic N) is 4. The van der Waals surface area contributed by atoms with E-state index in [0.29, 0.717) is 0 Å². The van der Waals surface area contributed by atoms with Crippen molar-refractivity contribution in [2.45, 2.75) is 12.1 Å². The van der Waals surface area contributed by atoms with Crippen LogP contribution >= 0.6 is 12.2 Å². The molecule has 0 saturated carbocycles. The Morgan fingerprint density at radius 1 is 0.914 bits per heavy atom. The summed E-state index contributed by atoms with van der Waals surface area (Å²) in [4.78, 5) is 9.50. The van der Waals surface area contributed by atoms with Crippen LogP contribution in [0.15, 0.2) is 85.2 Å². The van der Waals surface area contributed by atoms with Crippen LogP contribution in [-0.2, 0) is 4.74 Å². The number of rotatable bonds is 6. The topological polar surface area (TPSA) is 45.6 Å². The molecule has 1 N–H and O–H groups in total. The summed E-state index contributed by atoms with van der Waals surface area (Å²) >= 11 is 5.89. The SMILES string of the molecule is S=C1N[C@H](c2ccccn2)[C@@H](c2cccn2-c2ccc3ccccc3c2)N1CCN1CCOCC1. The lowest BCUT2D eigenvalue weighted by Crippen LogP contribution is -2.42. The lowest BCUT2D eigenvalue weighted by atomic mass is 10.0. The molecular formula is C28H29N5OS. The maximum Gasteiger partial charge on any atom is 0.170 e. The maximum absolute atomic E-state index is 5.89. The zero-order chi connectivity index (χ0) is 23.6. The van der Waals surface area contributed by atoms with Gasteiger partial charge in [0.2, 0.25) is 0 Å². The van der Waals surface area contributed by atoms with Crippen molar-refractivity contribution in [1.82, 2.24) is 24.7 Å². The third-order valence-electron chi connectivity index (χ3n) is 7.05. The number of hydrogen-bond acceptors (Lipinski definition) is 4. The van der Waals surface area contributed by atoms with Gasteiger partial charge in [-0.2, -0.15) is 0 Å². The summed E-state index contributed by atoms with van der Waals surface area (Å²) in [5.74, 6) is 0. The largest absolute Gasteiger partial charge is 0.379 e. The van der Waals surface area contributed by atoms with Crippen LogP contribution in [0.5, 0.6) is 0 Å². The highest BCUT2D eigenvalue weighted by Crippen LogP contribution is 2.39. The third-order valence-corrected chi connectivity index (χ3v) is 7.41. The van der Waals surface area contributed by atoms with Crippen molar-refractivity contribution in [3.05, 3.63) is 96.6 Å². The molecule has 0 spiro atoms. The molecule has 2 aliphatic heterocycles. The van der Waals surface area contributed by atoms with Crippen molar-refractivity contribution in [3.63, 3.8) is 0 Å². The number of hydrogen-bond donors (Lipinski definition) is 1. The Hall–Kier alpha value is -3.26.